The number of para-hydroxylation sites is 1. The van der Waals surface area contributed by atoms with Crippen LogP contribution in [0.25, 0.3) is 5.82 Å². The fourth-order valence-electron chi connectivity index (χ4n) is 2.61. The number of nitrogens with zero attached hydrogens (tertiary/aromatic N) is 3. The van der Waals surface area contributed by atoms with E-state index in [0.29, 0.717) is 18.1 Å². The fourth-order valence-corrected chi connectivity index (χ4v) is 2.61. The molecule has 3 heterocycles. The van der Waals surface area contributed by atoms with Gasteiger partial charge in [-0.1, -0.05) is 18.2 Å². The van der Waals surface area contributed by atoms with Crippen LogP contribution in [0.1, 0.15) is 11.6 Å². The fraction of sp³-hybridized carbons (Fsp3) is 0.118. The molecule has 2 amide bonds. The van der Waals surface area contributed by atoms with E-state index in [1.807, 2.05) is 30.3 Å². The number of benzene rings is 1. The third-order valence-corrected chi connectivity index (χ3v) is 3.75. The lowest BCUT2D eigenvalue weighted by atomic mass is 10.1. The van der Waals surface area contributed by atoms with Crippen LogP contribution in [-0.4, -0.2) is 27.4 Å². The van der Waals surface area contributed by atoms with Crippen LogP contribution in [0.3, 0.4) is 0 Å². The Labute approximate surface area is 138 Å². The Balaban J connectivity index is 1.40. The highest BCUT2D eigenvalue weighted by Gasteiger charge is 2.24. The van der Waals surface area contributed by atoms with Gasteiger partial charge in [0.1, 0.15) is 12.4 Å². The van der Waals surface area contributed by atoms with Crippen LogP contribution in [0.4, 0.5) is 10.5 Å². The molecule has 0 radical (unpaired) electrons. The minimum atomic E-state index is -0.297. The van der Waals surface area contributed by atoms with Crippen molar-refractivity contribution in [1.29, 1.82) is 0 Å². The molecule has 1 aliphatic rings. The van der Waals surface area contributed by atoms with Crippen molar-refractivity contribution in [2.75, 3.05) is 11.9 Å². The lowest BCUT2D eigenvalue weighted by Crippen LogP contribution is -2.33. The molecule has 3 aromatic rings. The van der Waals surface area contributed by atoms with Crippen LogP contribution in [0, 0.1) is 0 Å². The predicted octanol–water partition coefficient (Wildman–Crippen LogP) is 2.52. The largest absolute Gasteiger partial charge is 0.491 e. The summed E-state index contributed by atoms with van der Waals surface area (Å²) in [5, 5.41) is 9.79. The maximum Gasteiger partial charge on any atom is 0.319 e. The van der Waals surface area contributed by atoms with E-state index in [4.69, 9.17) is 4.74 Å². The first-order valence-corrected chi connectivity index (χ1v) is 7.55. The molecule has 0 saturated heterocycles. The standard InChI is InChI=1S/C17H15N5O2/c23-17(21-14-11-24-15-5-2-1-4-13(14)15)20-12-6-7-16(18-10-12)22-9-3-8-19-22/h1-10,14H,11H2,(H2,20,21,23)/t14-/m1/s1. The van der Waals surface area contributed by atoms with E-state index in [-0.39, 0.29) is 12.1 Å². The number of carbonyl (C=O) groups is 1. The first-order valence-electron chi connectivity index (χ1n) is 7.55. The number of urea groups is 1. The SMILES string of the molecule is O=C(Nc1ccc(-n2cccn2)nc1)N[C@@H]1COc2ccccc21. The zero-order valence-electron chi connectivity index (χ0n) is 12.7. The molecular weight excluding hydrogens is 306 g/mol. The summed E-state index contributed by atoms with van der Waals surface area (Å²) < 4.78 is 7.20. The van der Waals surface area contributed by atoms with Gasteiger partial charge in [-0.15, -0.1) is 0 Å². The van der Waals surface area contributed by atoms with Gasteiger partial charge < -0.3 is 15.4 Å². The van der Waals surface area contributed by atoms with Crippen molar-refractivity contribution in [2.24, 2.45) is 0 Å². The highest BCUT2D eigenvalue weighted by atomic mass is 16.5. The van der Waals surface area contributed by atoms with Crippen molar-refractivity contribution in [3.63, 3.8) is 0 Å². The zero-order valence-corrected chi connectivity index (χ0v) is 12.7. The van der Waals surface area contributed by atoms with Crippen molar-refractivity contribution in [2.45, 2.75) is 6.04 Å². The van der Waals surface area contributed by atoms with Gasteiger partial charge in [-0.25, -0.2) is 14.5 Å². The normalized spacial score (nSPS) is 15.4. The maximum absolute atomic E-state index is 12.2. The Morgan fingerprint density at radius 1 is 1.21 bits per heavy atom. The third kappa shape index (κ3) is 2.79. The minimum Gasteiger partial charge on any atom is -0.491 e. The Bertz CT molecular complexity index is 846. The Morgan fingerprint density at radius 3 is 2.92 bits per heavy atom. The molecular formula is C17H15N5O2. The van der Waals surface area contributed by atoms with Crippen LogP contribution in [0.5, 0.6) is 5.75 Å². The first kappa shape index (κ1) is 14.3. The zero-order chi connectivity index (χ0) is 16.4. The molecule has 2 N–H and O–H groups in total. The average molecular weight is 321 g/mol. The van der Waals surface area contributed by atoms with Gasteiger partial charge in [0.05, 0.1) is 17.9 Å². The van der Waals surface area contributed by atoms with Gasteiger partial charge in [0.25, 0.3) is 0 Å². The molecule has 0 saturated carbocycles. The van der Waals surface area contributed by atoms with Crippen LogP contribution in [-0.2, 0) is 0 Å². The third-order valence-electron chi connectivity index (χ3n) is 3.75. The monoisotopic (exact) mass is 321 g/mol. The number of amides is 2. The molecule has 1 aliphatic heterocycles. The summed E-state index contributed by atoms with van der Waals surface area (Å²) in [6.07, 6.45) is 5.08. The number of nitrogens with one attached hydrogen (secondary N) is 2. The molecule has 7 heteroatoms. The van der Waals surface area contributed by atoms with Gasteiger partial charge in [0, 0.05) is 18.0 Å². The Morgan fingerprint density at radius 2 is 2.12 bits per heavy atom. The molecule has 4 rings (SSSR count). The van der Waals surface area contributed by atoms with Gasteiger partial charge in [0.2, 0.25) is 0 Å². The van der Waals surface area contributed by atoms with Gasteiger partial charge in [-0.3, -0.25) is 0 Å². The number of carbonyl (C=O) groups excluding carboxylic acids is 1. The minimum absolute atomic E-state index is 0.155. The van der Waals surface area contributed by atoms with Gasteiger partial charge in [0.15, 0.2) is 5.82 Å². The van der Waals surface area contributed by atoms with E-state index in [1.54, 1.807) is 35.4 Å². The second kappa shape index (κ2) is 6.04. The van der Waals surface area contributed by atoms with Crippen LogP contribution in [0.2, 0.25) is 0 Å². The lowest BCUT2D eigenvalue weighted by Gasteiger charge is -2.13. The number of anilines is 1. The van der Waals surface area contributed by atoms with E-state index in [2.05, 4.69) is 20.7 Å². The molecule has 0 aliphatic carbocycles. The molecule has 7 nitrogen and oxygen atoms in total. The quantitative estimate of drug-likeness (QED) is 0.777. The highest BCUT2D eigenvalue weighted by Crippen LogP contribution is 2.31. The van der Waals surface area contributed by atoms with Crippen LogP contribution in [0.15, 0.2) is 61.1 Å². The Kier molecular flexibility index (Phi) is 3.59. The van der Waals surface area contributed by atoms with Crippen molar-refractivity contribution in [1.82, 2.24) is 20.1 Å². The topological polar surface area (TPSA) is 81.1 Å². The van der Waals surface area contributed by atoms with E-state index in [1.165, 1.54) is 0 Å². The first-order chi connectivity index (χ1) is 11.8. The number of pyridine rings is 1. The summed E-state index contributed by atoms with van der Waals surface area (Å²) in [6, 6.07) is 12.6. The summed E-state index contributed by atoms with van der Waals surface area (Å²) in [5.41, 5.74) is 1.59. The maximum atomic E-state index is 12.2. The highest BCUT2D eigenvalue weighted by molar-refractivity contribution is 5.89. The van der Waals surface area contributed by atoms with Gasteiger partial charge >= 0.3 is 6.03 Å². The van der Waals surface area contributed by atoms with Gasteiger partial charge in [-0.05, 0) is 24.3 Å². The summed E-state index contributed by atoms with van der Waals surface area (Å²) in [7, 11) is 0. The summed E-state index contributed by atoms with van der Waals surface area (Å²) in [5.74, 6) is 1.50. The average Bonchev–Trinajstić information content (AvgIpc) is 3.26. The molecule has 1 atom stereocenters. The van der Waals surface area contributed by atoms with E-state index < -0.39 is 0 Å². The smallest absolute Gasteiger partial charge is 0.319 e. The second-order valence-electron chi connectivity index (χ2n) is 5.36. The predicted molar refractivity (Wildman–Crippen MR) is 88.2 cm³/mol. The molecule has 0 fully saturated rings. The molecule has 0 unspecified atom stereocenters. The van der Waals surface area contributed by atoms with E-state index in [0.717, 1.165) is 11.3 Å². The van der Waals surface area contributed by atoms with Gasteiger partial charge in [-0.2, -0.15) is 5.10 Å². The second-order valence-corrected chi connectivity index (χ2v) is 5.36. The van der Waals surface area contributed by atoms with Crippen molar-refractivity contribution in [3.05, 3.63) is 66.6 Å². The molecule has 24 heavy (non-hydrogen) atoms. The summed E-state index contributed by atoms with van der Waals surface area (Å²) >= 11 is 0. The van der Waals surface area contributed by atoms with E-state index in [9.17, 15) is 4.79 Å². The number of hydrogen-bond acceptors (Lipinski definition) is 4. The van der Waals surface area contributed by atoms with Crippen molar-refractivity contribution < 1.29 is 9.53 Å². The molecule has 0 bridgehead atoms. The molecule has 2 aromatic heterocycles. The van der Waals surface area contributed by atoms with Crippen LogP contribution >= 0.6 is 0 Å². The number of rotatable bonds is 3. The Hall–Kier alpha value is -3.35. The summed E-state index contributed by atoms with van der Waals surface area (Å²) in [4.78, 5) is 16.4. The van der Waals surface area contributed by atoms with E-state index >= 15 is 0 Å². The lowest BCUT2D eigenvalue weighted by molar-refractivity contribution is 0.243. The number of aromatic nitrogens is 3. The molecule has 1 aromatic carbocycles. The molecule has 120 valence electrons. The number of hydrogen-bond donors (Lipinski definition) is 2. The van der Waals surface area contributed by atoms with Crippen molar-refractivity contribution >= 4 is 11.7 Å². The number of ether oxygens (including phenoxy) is 1. The van der Waals surface area contributed by atoms with Crippen LogP contribution < -0.4 is 15.4 Å². The number of fused-ring (bicyclic) bond motifs is 1. The molecule has 0 spiro atoms. The van der Waals surface area contributed by atoms with Crippen molar-refractivity contribution in [3.8, 4) is 11.6 Å². The summed E-state index contributed by atoms with van der Waals surface area (Å²) in [6.45, 7) is 0.434.